The van der Waals surface area contributed by atoms with Crippen molar-refractivity contribution in [1.82, 2.24) is 10.6 Å². The maximum atomic E-state index is 13.7. The van der Waals surface area contributed by atoms with Crippen molar-refractivity contribution in [3.8, 4) is 0 Å². The fourth-order valence-electron chi connectivity index (χ4n) is 2.51. The van der Waals surface area contributed by atoms with Crippen molar-refractivity contribution in [1.29, 1.82) is 0 Å². The van der Waals surface area contributed by atoms with Crippen LogP contribution in [0.4, 0.5) is 13.6 Å². The molecule has 0 bridgehead atoms. The Bertz CT molecular complexity index is 533. The van der Waals surface area contributed by atoms with E-state index in [1.54, 1.807) is 13.8 Å². The number of rotatable bonds is 7. The van der Waals surface area contributed by atoms with Crippen LogP contribution in [0.25, 0.3) is 0 Å². The quantitative estimate of drug-likeness (QED) is 0.720. The number of hydrogen-bond donors (Lipinski definition) is 3. The molecule has 1 aromatic carbocycles. The standard InChI is InChI=1S/C17H26F2N2O2/c1-11(14-6-5-13(18)7-15(14)19)9-20-16(23)21-10-17(3,4)8-12(2)22/h5-7,11-12,22H,8-10H2,1-4H3,(H2,20,21,23)/t11-,12-/m0/s1. The third-order valence-electron chi connectivity index (χ3n) is 3.64. The van der Waals surface area contributed by atoms with Gasteiger partial charge >= 0.3 is 6.03 Å². The molecule has 0 aliphatic rings. The molecule has 2 amide bonds. The molecule has 0 saturated carbocycles. The Morgan fingerprint density at radius 1 is 1.26 bits per heavy atom. The first kappa shape index (κ1) is 19.4. The van der Waals surface area contributed by atoms with Crippen LogP contribution in [0, 0.1) is 17.0 Å². The highest BCUT2D eigenvalue weighted by atomic mass is 19.1. The Balaban J connectivity index is 2.44. The van der Waals surface area contributed by atoms with Gasteiger partial charge in [-0.3, -0.25) is 0 Å². The second-order valence-corrected chi connectivity index (χ2v) is 6.85. The molecule has 0 radical (unpaired) electrons. The first-order chi connectivity index (χ1) is 10.6. The monoisotopic (exact) mass is 328 g/mol. The third-order valence-corrected chi connectivity index (χ3v) is 3.64. The number of benzene rings is 1. The number of hydrogen-bond acceptors (Lipinski definition) is 2. The van der Waals surface area contributed by atoms with Gasteiger partial charge in [0.1, 0.15) is 11.6 Å². The minimum atomic E-state index is -0.621. The molecule has 2 atom stereocenters. The second-order valence-electron chi connectivity index (χ2n) is 6.85. The molecule has 23 heavy (non-hydrogen) atoms. The molecule has 0 saturated heterocycles. The average Bonchev–Trinajstić information content (AvgIpc) is 2.41. The smallest absolute Gasteiger partial charge is 0.314 e. The van der Waals surface area contributed by atoms with Crippen LogP contribution in [0.5, 0.6) is 0 Å². The lowest BCUT2D eigenvalue weighted by Crippen LogP contribution is -2.42. The number of halogens is 2. The van der Waals surface area contributed by atoms with E-state index in [0.717, 1.165) is 6.07 Å². The van der Waals surface area contributed by atoms with Gasteiger partial charge in [-0.15, -0.1) is 0 Å². The van der Waals surface area contributed by atoms with Crippen molar-refractivity contribution in [2.75, 3.05) is 13.1 Å². The van der Waals surface area contributed by atoms with Crippen LogP contribution in [-0.2, 0) is 0 Å². The second kappa shape index (κ2) is 8.24. The van der Waals surface area contributed by atoms with E-state index in [2.05, 4.69) is 10.6 Å². The predicted molar refractivity (Wildman–Crippen MR) is 86.3 cm³/mol. The summed E-state index contributed by atoms with van der Waals surface area (Å²) >= 11 is 0. The molecule has 0 spiro atoms. The normalized spacial score (nSPS) is 14.2. The van der Waals surface area contributed by atoms with Crippen LogP contribution < -0.4 is 10.6 Å². The van der Waals surface area contributed by atoms with Crippen molar-refractivity contribution in [3.63, 3.8) is 0 Å². The van der Waals surface area contributed by atoms with E-state index in [4.69, 9.17) is 0 Å². The molecule has 1 rings (SSSR count). The van der Waals surface area contributed by atoms with Crippen LogP contribution in [0.3, 0.4) is 0 Å². The highest BCUT2D eigenvalue weighted by molar-refractivity contribution is 5.73. The number of aliphatic hydroxyl groups is 1. The Morgan fingerprint density at radius 2 is 1.91 bits per heavy atom. The molecule has 0 aliphatic carbocycles. The Hall–Kier alpha value is -1.69. The molecule has 0 heterocycles. The Kier molecular flexibility index (Phi) is 6.94. The summed E-state index contributed by atoms with van der Waals surface area (Å²) in [7, 11) is 0. The van der Waals surface area contributed by atoms with Gasteiger partial charge in [0.25, 0.3) is 0 Å². The van der Waals surface area contributed by atoms with E-state index >= 15 is 0 Å². The summed E-state index contributed by atoms with van der Waals surface area (Å²) in [6.45, 7) is 8.04. The van der Waals surface area contributed by atoms with Crippen LogP contribution in [0.15, 0.2) is 18.2 Å². The fourth-order valence-corrected chi connectivity index (χ4v) is 2.51. The lowest BCUT2D eigenvalue weighted by Gasteiger charge is -2.26. The van der Waals surface area contributed by atoms with Crippen molar-refractivity contribution in [3.05, 3.63) is 35.4 Å². The number of aliphatic hydroxyl groups excluding tert-OH is 1. The van der Waals surface area contributed by atoms with Gasteiger partial charge in [-0.25, -0.2) is 13.6 Å². The number of urea groups is 1. The van der Waals surface area contributed by atoms with Gasteiger partial charge in [-0.1, -0.05) is 26.8 Å². The zero-order valence-corrected chi connectivity index (χ0v) is 14.1. The van der Waals surface area contributed by atoms with Crippen molar-refractivity contribution in [2.24, 2.45) is 5.41 Å². The van der Waals surface area contributed by atoms with Crippen LogP contribution in [-0.4, -0.2) is 30.3 Å². The number of nitrogens with one attached hydrogen (secondary N) is 2. The van der Waals surface area contributed by atoms with Crippen molar-refractivity contribution in [2.45, 2.75) is 46.1 Å². The number of carbonyl (C=O) groups is 1. The molecular weight excluding hydrogens is 302 g/mol. The first-order valence-corrected chi connectivity index (χ1v) is 7.75. The topological polar surface area (TPSA) is 61.4 Å². The summed E-state index contributed by atoms with van der Waals surface area (Å²) in [5.74, 6) is -1.51. The van der Waals surface area contributed by atoms with E-state index in [9.17, 15) is 18.7 Å². The molecule has 130 valence electrons. The molecule has 4 nitrogen and oxygen atoms in total. The molecule has 0 fully saturated rings. The summed E-state index contributed by atoms with van der Waals surface area (Å²) < 4.78 is 26.5. The predicted octanol–water partition coefficient (Wildman–Crippen LogP) is 3.16. The van der Waals surface area contributed by atoms with E-state index in [0.29, 0.717) is 18.5 Å². The highest BCUT2D eigenvalue weighted by Gasteiger charge is 2.21. The van der Waals surface area contributed by atoms with Gasteiger partial charge in [0, 0.05) is 25.1 Å². The number of amides is 2. The van der Waals surface area contributed by atoms with Crippen LogP contribution in [0.2, 0.25) is 0 Å². The van der Waals surface area contributed by atoms with Gasteiger partial charge in [0.15, 0.2) is 0 Å². The van der Waals surface area contributed by atoms with Crippen molar-refractivity contribution < 1.29 is 18.7 Å². The lowest BCUT2D eigenvalue weighted by atomic mass is 9.87. The molecule has 0 aromatic heterocycles. The first-order valence-electron chi connectivity index (χ1n) is 7.75. The van der Waals surface area contributed by atoms with Crippen LogP contribution in [0.1, 0.15) is 45.6 Å². The van der Waals surface area contributed by atoms with Gasteiger partial charge < -0.3 is 15.7 Å². The third kappa shape index (κ3) is 6.95. The summed E-state index contributed by atoms with van der Waals surface area (Å²) in [5.41, 5.74) is 0.140. The van der Waals surface area contributed by atoms with Crippen molar-refractivity contribution >= 4 is 6.03 Å². The minimum Gasteiger partial charge on any atom is -0.393 e. The van der Waals surface area contributed by atoms with E-state index in [-0.39, 0.29) is 23.9 Å². The Labute approximate surface area is 136 Å². The maximum absolute atomic E-state index is 13.7. The minimum absolute atomic E-state index is 0.222. The molecule has 0 unspecified atom stereocenters. The van der Waals surface area contributed by atoms with Crippen LogP contribution >= 0.6 is 0 Å². The summed E-state index contributed by atoms with van der Waals surface area (Å²) in [4.78, 5) is 11.8. The fraction of sp³-hybridized carbons (Fsp3) is 0.588. The van der Waals surface area contributed by atoms with Gasteiger partial charge in [-0.05, 0) is 30.4 Å². The highest BCUT2D eigenvalue weighted by Crippen LogP contribution is 2.21. The number of carbonyl (C=O) groups excluding carboxylic acids is 1. The SMILES string of the molecule is C[C@H](O)CC(C)(C)CNC(=O)NC[C@H](C)c1ccc(F)cc1F. The van der Waals surface area contributed by atoms with Gasteiger partial charge in [0.05, 0.1) is 6.10 Å². The average molecular weight is 328 g/mol. The molecule has 0 aliphatic heterocycles. The Morgan fingerprint density at radius 3 is 2.48 bits per heavy atom. The zero-order valence-electron chi connectivity index (χ0n) is 14.1. The van der Waals surface area contributed by atoms with E-state index in [1.165, 1.54) is 12.1 Å². The van der Waals surface area contributed by atoms with E-state index < -0.39 is 17.7 Å². The summed E-state index contributed by atoms with van der Waals surface area (Å²) in [6.07, 6.45) is 0.140. The van der Waals surface area contributed by atoms with Gasteiger partial charge in [-0.2, -0.15) is 0 Å². The summed E-state index contributed by atoms with van der Waals surface area (Å²) in [6, 6.07) is 3.08. The maximum Gasteiger partial charge on any atom is 0.314 e. The molecule has 3 N–H and O–H groups in total. The zero-order chi connectivity index (χ0) is 17.6. The van der Waals surface area contributed by atoms with E-state index in [1.807, 2.05) is 13.8 Å². The summed E-state index contributed by atoms with van der Waals surface area (Å²) in [5, 5.41) is 14.8. The van der Waals surface area contributed by atoms with Gasteiger partial charge in [0.2, 0.25) is 0 Å². The molecule has 1 aromatic rings. The lowest BCUT2D eigenvalue weighted by molar-refractivity contribution is 0.129. The largest absolute Gasteiger partial charge is 0.393 e. The molecule has 6 heteroatoms. The molecular formula is C17H26F2N2O2.